The summed E-state index contributed by atoms with van der Waals surface area (Å²) in [4.78, 5) is 16.0. The Morgan fingerprint density at radius 2 is 2.06 bits per heavy atom. The highest BCUT2D eigenvalue weighted by Crippen LogP contribution is 2.34. The number of benzene rings is 1. The normalized spacial score (nSPS) is 14.7. The van der Waals surface area contributed by atoms with E-state index in [2.05, 4.69) is 4.98 Å². The fourth-order valence-electron chi connectivity index (χ4n) is 2.01. The Kier molecular flexibility index (Phi) is 2.59. The lowest BCUT2D eigenvalue weighted by molar-refractivity contribution is 0.0492. The number of cyclic esters (lactones) is 1. The molecule has 0 unspecified atom stereocenters. The quantitative estimate of drug-likeness (QED) is 0.686. The van der Waals surface area contributed by atoms with Crippen LogP contribution in [0, 0.1) is 6.92 Å². The van der Waals surface area contributed by atoms with Gasteiger partial charge in [0, 0.05) is 16.6 Å². The number of ether oxygens (including phenoxy) is 2. The molecule has 92 valence electrons. The lowest BCUT2D eigenvalue weighted by Crippen LogP contribution is -2.05. The Labute approximate surface area is 108 Å². The van der Waals surface area contributed by atoms with E-state index in [1.54, 1.807) is 6.07 Å². The van der Waals surface area contributed by atoms with Gasteiger partial charge >= 0.3 is 5.97 Å². The Morgan fingerprint density at radius 1 is 1.28 bits per heavy atom. The molecule has 0 fully saturated rings. The van der Waals surface area contributed by atoms with Crippen molar-refractivity contribution in [2.24, 2.45) is 0 Å². The van der Waals surface area contributed by atoms with Crippen molar-refractivity contribution >= 4 is 28.5 Å². The molecule has 0 spiro atoms. The van der Waals surface area contributed by atoms with Gasteiger partial charge in [-0.3, -0.25) is 4.98 Å². The number of rotatable bonds is 0. The number of pyridine rings is 1. The lowest BCUT2D eigenvalue weighted by atomic mass is 10.1. The van der Waals surface area contributed by atoms with Crippen molar-refractivity contribution in [2.75, 3.05) is 13.2 Å². The number of esters is 1. The van der Waals surface area contributed by atoms with Gasteiger partial charge in [-0.05, 0) is 24.6 Å². The molecule has 0 aliphatic carbocycles. The minimum Gasteiger partial charge on any atom is -0.488 e. The predicted molar refractivity (Wildman–Crippen MR) is 67.3 cm³/mol. The third kappa shape index (κ3) is 1.61. The van der Waals surface area contributed by atoms with Crippen LogP contribution in [0.1, 0.15) is 15.9 Å². The van der Waals surface area contributed by atoms with Gasteiger partial charge in [0.2, 0.25) is 0 Å². The van der Waals surface area contributed by atoms with Crippen LogP contribution >= 0.6 is 11.6 Å². The molecule has 0 atom stereocenters. The van der Waals surface area contributed by atoms with Crippen molar-refractivity contribution < 1.29 is 14.3 Å². The minimum atomic E-state index is -0.399. The SMILES string of the molecule is Cc1c(Cl)ccc2c3c(cnc12)C(=O)OCCO3. The van der Waals surface area contributed by atoms with Gasteiger partial charge < -0.3 is 9.47 Å². The average molecular weight is 264 g/mol. The maximum atomic E-state index is 11.7. The van der Waals surface area contributed by atoms with E-state index in [-0.39, 0.29) is 6.61 Å². The van der Waals surface area contributed by atoms with E-state index in [0.717, 1.165) is 16.5 Å². The molecule has 0 amide bonds. The zero-order valence-electron chi connectivity index (χ0n) is 9.70. The Bertz CT molecular complexity index is 654. The topological polar surface area (TPSA) is 48.4 Å². The summed E-state index contributed by atoms with van der Waals surface area (Å²) in [6.07, 6.45) is 1.48. The first-order chi connectivity index (χ1) is 8.68. The second-order valence-electron chi connectivity index (χ2n) is 4.05. The molecule has 3 rings (SSSR count). The molecular formula is C13H10ClNO3. The van der Waals surface area contributed by atoms with Crippen LogP contribution in [0.15, 0.2) is 18.3 Å². The van der Waals surface area contributed by atoms with Crippen LogP contribution < -0.4 is 4.74 Å². The van der Waals surface area contributed by atoms with Crippen molar-refractivity contribution in [3.8, 4) is 5.75 Å². The van der Waals surface area contributed by atoms with Crippen LogP contribution in [0.25, 0.3) is 10.9 Å². The summed E-state index contributed by atoms with van der Waals surface area (Å²) in [5.41, 5.74) is 1.98. The van der Waals surface area contributed by atoms with E-state index in [1.165, 1.54) is 6.20 Å². The van der Waals surface area contributed by atoms with Gasteiger partial charge in [-0.1, -0.05) is 11.6 Å². The van der Waals surface area contributed by atoms with Crippen LogP contribution in [-0.4, -0.2) is 24.2 Å². The number of carbonyl (C=O) groups is 1. The summed E-state index contributed by atoms with van der Waals surface area (Å²) in [6, 6.07) is 3.59. The van der Waals surface area contributed by atoms with Crippen molar-refractivity contribution in [3.05, 3.63) is 34.5 Å². The van der Waals surface area contributed by atoms with Crippen LogP contribution in [0.2, 0.25) is 5.02 Å². The molecule has 2 heterocycles. The molecule has 0 bridgehead atoms. The van der Waals surface area contributed by atoms with Gasteiger partial charge in [-0.25, -0.2) is 4.79 Å². The molecule has 0 saturated heterocycles. The van der Waals surface area contributed by atoms with Gasteiger partial charge in [0.15, 0.2) is 0 Å². The van der Waals surface area contributed by atoms with Gasteiger partial charge in [0.1, 0.15) is 24.5 Å². The van der Waals surface area contributed by atoms with Crippen molar-refractivity contribution in [1.82, 2.24) is 4.98 Å². The van der Waals surface area contributed by atoms with E-state index in [4.69, 9.17) is 21.1 Å². The Hall–Kier alpha value is -1.81. The molecule has 1 aliphatic rings. The summed E-state index contributed by atoms with van der Waals surface area (Å²) < 4.78 is 10.6. The number of fused-ring (bicyclic) bond motifs is 3. The first-order valence-electron chi connectivity index (χ1n) is 5.56. The molecule has 0 N–H and O–H groups in total. The van der Waals surface area contributed by atoms with Gasteiger partial charge in [0.25, 0.3) is 0 Å². The molecule has 1 aromatic heterocycles. The Morgan fingerprint density at radius 3 is 2.89 bits per heavy atom. The van der Waals surface area contributed by atoms with Crippen molar-refractivity contribution in [1.29, 1.82) is 0 Å². The number of nitrogens with zero attached hydrogens (tertiary/aromatic N) is 1. The van der Waals surface area contributed by atoms with Gasteiger partial charge in [-0.2, -0.15) is 0 Å². The van der Waals surface area contributed by atoms with Crippen LogP contribution in [0.5, 0.6) is 5.75 Å². The average Bonchev–Trinajstić information content (AvgIpc) is 2.56. The molecule has 4 nitrogen and oxygen atoms in total. The lowest BCUT2D eigenvalue weighted by Gasteiger charge is -2.10. The van der Waals surface area contributed by atoms with Crippen LogP contribution in [-0.2, 0) is 4.74 Å². The summed E-state index contributed by atoms with van der Waals surface area (Å²) in [6.45, 7) is 2.49. The third-order valence-electron chi connectivity index (χ3n) is 2.96. The second kappa shape index (κ2) is 4.14. The first-order valence-corrected chi connectivity index (χ1v) is 5.94. The molecule has 0 radical (unpaired) electrons. The highest BCUT2D eigenvalue weighted by Gasteiger charge is 2.22. The first kappa shape index (κ1) is 11.3. The van der Waals surface area contributed by atoms with Crippen molar-refractivity contribution in [3.63, 3.8) is 0 Å². The zero-order valence-corrected chi connectivity index (χ0v) is 10.5. The van der Waals surface area contributed by atoms with Gasteiger partial charge in [0.05, 0.1) is 5.52 Å². The number of halogens is 1. The maximum absolute atomic E-state index is 11.7. The van der Waals surface area contributed by atoms with E-state index in [1.807, 2.05) is 13.0 Å². The standard InChI is InChI=1S/C13H10ClNO3/c1-7-10(14)3-2-8-11(7)15-6-9-12(8)17-4-5-18-13(9)16/h2-3,6H,4-5H2,1H3. The molecule has 1 aromatic carbocycles. The van der Waals surface area contributed by atoms with Crippen LogP contribution in [0.4, 0.5) is 0 Å². The number of aromatic nitrogens is 1. The second-order valence-corrected chi connectivity index (χ2v) is 4.46. The fourth-order valence-corrected chi connectivity index (χ4v) is 2.17. The summed E-state index contributed by atoms with van der Waals surface area (Å²) >= 11 is 6.06. The molecular weight excluding hydrogens is 254 g/mol. The number of hydrogen-bond donors (Lipinski definition) is 0. The highest BCUT2D eigenvalue weighted by atomic mass is 35.5. The molecule has 2 aromatic rings. The van der Waals surface area contributed by atoms with Crippen LogP contribution in [0.3, 0.4) is 0 Å². The van der Waals surface area contributed by atoms with Gasteiger partial charge in [-0.15, -0.1) is 0 Å². The number of carbonyl (C=O) groups excluding carboxylic acids is 1. The molecule has 18 heavy (non-hydrogen) atoms. The molecule has 0 saturated carbocycles. The number of hydrogen-bond acceptors (Lipinski definition) is 4. The maximum Gasteiger partial charge on any atom is 0.343 e. The van der Waals surface area contributed by atoms with E-state index in [0.29, 0.717) is 22.9 Å². The largest absolute Gasteiger partial charge is 0.488 e. The van der Waals surface area contributed by atoms with E-state index in [9.17, 15) is 4.79 Å². The summed E-state index contributed by atoms with van der Waals surface area (Å²) in [7, 11) is 0. The number of aryl methyl sites for hydroxylation is 1. The van der Waals surface area contributed by atoms with E-state index >= 15 is 0 Å². The summed E-state index contributed by atoms with van der Waals surface area (Å²) in [5, 5.41) is 1.43. The third-order valence-corrected chi connectivity index (χ3v) is 3.37. The summed E-state index contributed by atoms with van der Waals surface area (Å²) in [5.74, 6) is 0.131. The zero-order chi connectivity index (χ0) is 12.7. The molecule has 5 heteroatoms. The predicted octanol–water partition coefficient (Wildman–Crippen LogP) is 2.75. The molecule has 1 aliphatic heterocycles. The van der Waals surface area contributed by atoms with Crippen molar-refractivity contribution in [2.45, 2.75) is 6.92 Å². The van der Waals surface area contributed by atoms with E-state index < -0.39 is 5.97 Å². The fraction of sp³-hybridized carbons (Fsp3) is 0.231. The minimum absolute atomic E-state index is 0.252. The Balaban J connectivity index is 2.35. The smallest absolute Gasteiger partial charge is 0.343 e. The highest BCUT2D eigenvalue weighted by molar-refractivity contribution is 6.32. The monoisotopic (exact) mass is 263 g/mol.